The van der Waals surface area contributed by atoms with Gasteiger partial charge in [-0.2, -0.15) is 11.8 Å². The molecule has 0 aliphatic carbocycles. The topological polar surface area (TPSA) is 0 Å². The molecule has 0 aromatic heterocycles. The molecular weight excluding hydrogens is 448 g/mol. The summed E-state index contributed by atoms with van der Waals surface area (Å²) in [6, 6.07) is 0. The molecule has 1 atom stereocenters. The maximum absolute atomic E-state index is 2.49. The molecule has 0 aromatic rings. The van der Waals surface area contributed by atoms with Crippen LogP contribution in [0, 0.1) is 5.92 Å². The van der Waals surface area contributed by atoms with Crippen LogP contribution in [0.5, 0.6) is 0 Å². The summed E-state index contributed by atoms with van der Waals surface area (Å²) in [6.45, 7) is 2.41. The average molecular weight is 511 g/mol. The van der Waals surface area contributed by atoms with E-state index < -0.39 is 0 Å². The zero-order chi connectivity index (χ0) is 24.8. The van der Waals surface area contributed by atoms with Crippen molar-refractivity contribution in [1.29, 1.82) is 0 Å². The van der Waals surface area contributed by atoms with Crippen molar-refractivity contribution in [2.45, 2.75) is 155 Å². The predicted octanol–water partition coefficient (Wildman–Crippen LogP) is 12.4. The lowest BCUT2D eigenvalue weighted by Gasteiger charge is -2.06. The van der Waals surface area contributed by atoms with Crippen molar-refractivity contribution in [3.8, 4) is 0 Å². The Labute approximate surface area is 225 Å². The molecule has 0 N–H and O–H groups in total. The lowest BCUT2D eigenvalue weighted by molar-refractivity contribution is 0.526. The number of allylic oxidation sites excluding steroid dienone is 3. The third-order valence-electron chi connectivity index (χ3n) is 6.95. The van der Waals surface area contributed by atoms with E-state index >= 15 is 0 Å². The zero-order valence-electron chi connectivity index (χ0n) is 23.7. The van der Waals surface area contributed by atoms with Crippen LogP contribution in [0.15, 0.2) is 23.6 Å². The first-order chi connectivity index (χ1) is 16.8. The summed E-state index contributed by atoms with van der Waals surface area (Å²) in [4.78, 5) is 0. The molecule has 0 bridgehead atoms. The Bertz CT molecular complexity index is 415. The van der Waals surface area contributed by atoms with Crippen LogP contribution in [0.25, 0.3) is 0 Å². The van der Waals surface area contributed by atoms with Crippen LogP contribution in [0.4, 0.5) is 0 Å². The monoisotopic (exact) mass is 510 g/mol. The van der Waals surface area contributed by atoms with Gasteiger partial charge in [-0.05, 0) is 68.1 Å². The lowest BCUT2D eigenvalue weighted by Crippen LogP contribution is -1.90. The van der Waals surface area contributed by atoms with E-state index in [2.05, 4.69) is 43.1 Å². The van der Waals surface area contributed by atoms with Crippen LogP contribution in [-0.4, -0.2) is 18.3 Å². The molecule has 0 fully saturated rings. The Morgan fingerprint density at radius 1 is 0.500 bits per heavy atom. The Morgan fingerprint density at radius 2 is 0.912 bits per heavy atom. The van der Waals surface area contributed by atoms with E-state index in [1.807, 2.05) is 23.5 Å². The molecule has 0 nitrogen and oxygen atoms in total. The Morgan fingerprint density at radius 3 is 1.38 bits per heavy atom. The first-order valence-electron chi connectivity index (χ1n) is 15.1. The molecule has 34 heavy (non-hydrogen) atoms. The van der Waals surface area contributed by atoms with Crippen molar-refractivity contribution in [3.05, 3.63) is 23.6 Å². The standard InChI is InChI=1S/C32H62S2/c1-32(29-25-21-17-13-9-7-11-15-19-23-27-31-34-3)28-24-20-16-12-8-5-4-6-10-14-18-22-26-30-33-2/h24,27-28,31-32H,4-23,25-26,29-30H2,1-3H3. The first kappa shape index (κ1) is 34.2. The molecular formula is C32H62S2. The van der Waals surface area contributed by atoms with Gasteiger partial charge in [0.2, 0.25) is 0 Å². The minimum atomic E-state index is 0.779. The van der Waals surface area contributed by atoms with Gasteiger partial charge in [-0.15, -0.1) is 11.8 Å². The van der Waals surface area contributed by atoms with Crippen LogP contribution < -0.4 is 0 Å². The van der Waals surface area contributed by atoms with E-state index in [1.54, 1.807) is 0 Å². The summed E-state index contributed by atoms with van der Waals surface area (Å²) < 4.78 is 0. The van der Waals surface area contributed by atoms with Gasteiger partial charge in [0.15, 0.2) is 0 Å². The molecule has 0 aliphatic rings. The zero-order valence-corrected chi connectivity index (χ0v) is 25.3. The fourth-order valence-corrected chi connectivity index (χ4v) is 5.48. The summed E-state index contributed by atoms with van der Waals surface area (Å²) in [5, 5.41) is 2.22. The van der Waals surface area contributed by atoms with Crippen molar-refractivity contribution >= 4 is 23.5 Å². The van der Waals surface area contributed by atoms with Crippen molar-refractivity contribution in [2.24, 2.45) is 5.92 Å². The Kier molecular flexibility index (Phi) is 31.4. The van der Waals surface area contributed by atoms with Crippen LogP contribution in [0.2, 0.25) is 0 Å². The fourth-order valence-electron chi connectivity index (χ4n) is 4.65. The second kappa shape index (κ2) is 31.2. The summed E-state index contributed by atoms with van der Waals surface area (Å²) in [6.07, 6.45) is 44.4. The molecule has 0 radical (unpaired) electrons. The molecule has 0 spiro atoms. The molecule has 0 amide bonds. The fraction of sp³-hybridized carbons (Fsp3) is 0.875. The van der Waals surface area contributed by atoms with E-state index in [9.17, 15) is 0 Å². The van der Waals surface area contributed by atoms with Crippen molar-refractivity contribution in [2.75, 3.05) is 18.3 Å². The SMILES string of the molecule is CSC=CCCCCCCCCCCCC(C)C=CCCCCCCCCCCCCCSC. The van der Waals surface area contributed by atoms with E-state index in [4.69, 9.17) is 0 Å². The van der Waals surface area contributed by atoms with E-state index in [-0.39, 0.29) is 0 Å². The summed E-state index contributed by atoms with van der Waals surface area (Å²) in [5.74, 6) is 2.13. The molecule has 0 saturated heterocycles. The van der Waals surface area contributed by atoms with Gasteiger partial charge in [-0.1, -0.05) is 134 Å². The highest BCUT2D eigenvalue weighted by atomic mass is 32.2. The van der Waals surface area contributed by atoms with E-state index in [0.717, 1.165) is 5.92 Å². The van der Waals surface area contributed by atoms with Gasteiger partial charge in [0, 0.05) is 0 Å². The highest BCUT2D eigenvalue weighted by Crippen LogP contribution is 2.16. The maximum atomic E-state index is 2.49. The third-order valence-corrected chi connectivity index (χ3v) is 8.11. The number of rotatable bonds is 28. The average Bonchev–Trinajstić information content (AvgIpc) is 2.84. The van der Waals surface area contributed by atoms with Crippen LogP contribution in [0.1, 0.15) is 155 Å². The van der Waals surface area contributed by atoms with Gasteiger partial charge in [-0.3, -0.25) is 0 Å². The second-order valence-electron chi connectivity index (χ2n) is 10.4. The van der Waals surface area contributed by atoms with Crippen LogP contribution >= 0.6 is 23.5 Å². The minimum absolute atomic E-state index is 0.779. The van der Waals surface area contributed by atoms with Crippen LogP contribution in [-0.2, 0) is 0 Å². The predicted molar refractivity (Wildman–Crippen MR) is 166 cm³/mol. The van der Waals surface area contributed by atoms with Gasteiger partial charge in [-0.25, -0.2) is 0 Å². The Hall–Kier alpha value is 0.180. The normalized spacial score (nSPS) is 12.9. The lowest BCUT2D eigenvalue weighted by atomic mass is 10.00. The third kappa shape index (κ3) is 30.2. The van der Waals surface area contributed by atoms with Gasteiger partial charge < -0.3 is 0 Å². The van der Waals surface area contributed by atoms with Crippen molar-refractivity contribution in [3.63, 3.8) is 0 Å². The maximum Gasteiger partial charge on any atom is -0.00703 e. The summed E-state index contributed by atoms with van der Waals surface area (Å²) in [7, 11) is 0. The molecule has 0 saturated carbocycles. The number of unbranched alkanes of at least 4 members (excludes halogenated alkanes) is 20. The number of thioether (sulfide) groups is 2. The molecule has 0 aliphatic heterocycles. The molecule has 2 heteroatoms. The molecule has 1 unspecified atom stereocenters. The smallest absolute Gasteiger partial charge is 0.00703 e. The largest absolute Gasteiger partial charge is 0.165 e. The van der Waals surface area contributed by atoms with Crippen molar-refractivity contribution < 1.29 is 0 Å². The van der Waals surface area contributed by atoms with E-state index in [1.165, 1.54) is 153 Å². The molecule has 202 valence electrons. The number of hydrogen-bond donors (Lipinski definition) is 0. The van der Waals surface area contributed by atoms with Gasteiger partial charge in [0.1, 0.15) is 0 Å². The second-order valence-corrected chi connectivity index (χ2v) is 12.2. The summed E-state index contributed by atoms with van der Waals surface area (Å²) >= 11 is 3.80. The number of hydrogen-bond acceptors (Lipinski definition) is 2. The summed E-state index contributed by atoms with van der Waals surface area (Å²) in [5.41, 5.74) is 0. The first-order valence-corrected chi connectivity index (χ1v) is 17.8. The highest BCUT2D eigenvalue weighted by molar-refractivity contribution is 8.01. The van der Waals surface area contributed by atoms with Crippen molar-refractivity contribution in [1.82, 2.24) is 0 Å². The van der Waals surface area contributed by atoms with Gasteiger partial charge in [0.05, 0.1) is 0 Å². The van der Waals surface area contributed by atoms with Gasteiger partial charge in [0.25, 0.3) is 0 Å². The molecule has 0 heterocycles. The quantitative estimate of drug-likeness (QED) is 0.0758. The Balaban J connectivity index is 3.23. The molecule has 0 rings (SSSR count). The van der Waals surface area contributed by atoms with Crippen LogP contribution in [0.3, 0.4) is 0 Å². The van der Waals surface area contributed by atoms with E-state index in [0.29, 0.717) is 0 Å². The highest BCUT2D eigenvalue weighted by Gasteiger charge is 1.98. The molecule has 0 aromatic carbocycles. The van der Waals surface area contributed by atoms with Gasteiger partial charge >= 0.3 is 0 Å². The minimum Gasteiger partial charge on any atom is -0.165 e.